The smallest absolute Gasteiger partial charge is 0.338 e. The molecule has 1 heterocycles. The van der Waals surface area contributed by atoms with Crippen LogP contribution in [0.4, 0.5) is 0 Å². The number of carbonyl (C=O) groups is 2. The average Bonchev–Trinajstić information content (AvgIpc) is 3.07. The average molecular weight is 426 g/mol. The molecule has 2 rings (SSSR count). The van der Waals surface area contributed by atoms with Crippen LogP contribution in [-0.4, -0.2) is 67.3 Å². The Hall–Kier alpha value is -2.39. The minimum atomic E-state index is -0.776. The summed E-state index contributed by atoms with van der Waals surface area (Å²) in [6.07, 6.45) is -1.60. The van der Waals surface area contributed by atoms with Crippen LogP contribution in [0.2, 0.25) is 0 Å². The molecule has 0 aromatic heterocycles. The Labute approximate surface area is 176 Å². The van der Waals surface area contributed by atoms with Gasteiger partial charge in [0.05, 0.1) is 19.1 Å². The molecule has 1 fully saturated rings. The van der Waals surface area contributed by atoms with Gasteiger partial charge in [-0.25, -0.2) is 4.79 Å². The van der Waals surface area contributed by atoms with Crippen LogP contribution in [-0.2, 0) is 23.7 Å². The van der Waals surface area contributed by atoms with Gasteiger partial charge in [0.1, 0.15) is 24.6 Å². The summed E-state index contributed by atoms with van der Waals surface area (Å²) in [6, 6.07) is 6.57. The fourth-order valence-electron chi connectivity index (χ4n) is 2.87. The number of carbonyl (C=O) groups excluding carboxylic acids is 2. The highest BCUT2D eigenvalue weighted by molar-refractivity contribution is 7.80. The zero-order chi connectivity index (χ0) is 21.4. The number of hydrogen-bond donors (Lipinski definition) is 0. The van der Waals surface area contributed by atoms with E-state index >= 15 is 0 Å². The van der Waals surface area contributed by atoms with Crippen molar-refractivity contribution in [2.45, 2.75) is 45.7 Å². The third-order valence-corrected chi connectivity index (χ3v) is 4.80. The number of thiocarbonyl (C=S) groups is 1. The van der Waals surface area contributed by atoms with Crippen LogP contribution in [0.3, 0.4) is 0 Å². The van der Waals surface area contributed by atoms with E-state index in [1.54, 1.807) is 31.4 Å². The lowest BCUT2D eigenvalue weighted by molar-refractivity contribution is -0.175. The lowest BCUT2D eigenvalue weighted by atomic mass is 10.2. The largest absolute Gasteiger partial charge is 0.497 e. The van der Waals surface area contributed by atoms with Gasteiger partial charge in [0.2, 0.25) is 6.29 Å². The molecule has 0 spiro atoms. The summed E-state index contributed by atoms with van der Waals surface area (Å²) in [4.78, 5) is 25.5. The number of nitrogens with zero attached hydrogens (tertiary/aromatic N) is 1. The molecule has 0 amide bonds. The Morgan fingerprint density at radius 1 is 1.17 bits per heavy atom. The maximum atomic E-state index is 12.3. The molecule has 0 saturated carbocycles. The molecule has 0 radical (unpaired) electrons. The van der Waals surface area contributed by atoms with Gasteiger partial charge in [-0.15, -0.1) is 0 Å². The summed E-state index contributed by atoms with van der Waals surface area (Å²) in [5.74, 6) is -0.323. The first-order valence-electron chi connectivity index (χ1n) is 9.47. The van der Waals surface area contributed by atoms with Gasteiger partial charge >= 0.3 is 11.9 Å². The van der Waals surface area contributed by atoms with Crippen molar-refractivity contribution in [1.82, 2.24) is 4.90 Å². The summed E-state index contributed by atoms with van der Waals surface area (Å²) in [5, 5.41) is 0.332. The zero-order valence-electron chi connectivity index (χ0n) is 17.1. The highest BCUT2D eigenvalue weighted by Gasteiger charge is 2.40. The highest BCUT2D eigenvalue weighted by atomic mass is 32.1. The predicted molar refractivity (Wildman–Crippen MR) is 109 cm³/mol. The van der Waals surface area contributed by atoms with Crippen molar-refractivity contribution in [2.24, 2.45) is 0 Å². The Balaban J connectivity index is 2.00. The van der Waals surface area contributed by atoms with E-state index in [2.05, 4.69) is 0 Å². The van der Waals surface area contributed by atoms with Crippen LogP contribution in [0, 0.1) is 0 Å². The maximum absolute atomic E-state index is 12.3. The summed E-state index contributed by atoms with van der Waals surface area (Å²) in [6.45, 7) is 6.59. The van der Waals surface area contributed by atoms with Crippen LogP contribution in [0.1, 0.15) is 37.6 Å². The first kappa shape index (κ1) is 22.9. The maximum Gasteiger partial charge on any atom is 0.338 e. The molecular formula is C20H27NO7S. The molecular weight excluding hydrogens is 398 g/mol. The number of rotatable bonds is 8. The van der Waals surface area contributed by atoms with Crippen LogP contribution < -0.4 is 4.74 Å². The van der Waals surface area contributed by atoms with E-state index in [1.807, 2.05) is 18.7 Å². The second kappa shape index (κ2) is 11.0. The van der Waals surface area contributed by atoms with Crippen LogP contribution in [0.25, 0.3) is 0 Å². The molecule has 1 aromatic carbocycles. The lowest BCUT2D eigenvalue weighted by Crippen LogP contribution is -2.38. The van der Waals surface area contributed by atoms with Crippen molar-refractivity contribution in [2.75, 3.05) is 26.8 Å². The number of methoxy groups -OCH3 is 1. The second-order valence-electron chi connectivity index (χ2n) is 6.37. The van der Waals surface area contributed by atoms with Gasteiger partial charge in [0.25, 0.3) is 5.17 Å². The fraction of sp³-hybridized carbons (Fsp3) is 0.550. The standard InChI is InChI=1S/C20H27NO7S/c1-5-21(6-2)20(29)28-16-11-18(26-13(3)22)27-17(16)12-25-19(23)14-7-9-15(24-4)10-8-14/h7-10,16-18H,5-6,11-12H2,1-4H3/t16-,17-,18?/m1/s1. The van der Waals surface area contributed by atoms with Gasteiger partial charge in [-0.1, -0.05) is 0 Å². The predicted octanol–water partition coefficient (Wildman–Crippen LogP) is 2.54. The topological polar surface area (TPSA) is 83.5 Å². The summed E-state index contributed by atoms with van der Waals surface area (Å²) in [5.41, 5.74) is 0.386. The Bertz CT molecular complexity index is 705. The first-order chi connectivity index (χ1) is 13.9. The summed E-state index contributed by atoms with van der Waals surface area (Å²) < 4.78 is 27.2. The van der Waals surface area contributed by atoms with Gasteiger partial charge in [0.15, 0.2) is 0 Å². The zero-order valence-corrected chi connectivity index (χ0v) is 17.9. The first-order valence-corrected chi connectivity index (χ1v) is 9.88. The lowest BCUT2D eigenvalue weighted by Gasteiger charge is -2.26. The SMILES string of the molecule is CCN(CC)C(=S)O[C@@H]1CC(OC(C)=O)O[C@@H]1COC(=O)c1ccc(OC)cc1. The third kappa shape index (κ3) is 6.57. The van der Waals surface area contributed by atoms with Crippen molar-refractivity contribution in [3.63, 3.8) is 0 Å². The van der Waals surface area contributed by atoms with Crippen molar-refractivity contribution in [3.05, 3.63) is 29.8 Å². The Morgan fingerprint density at radius 2 is 1.83 bits per heavy atom. The molecule has 0 N–H and O–H groups in total. The van der Waals surface area contributed by atoms with E-state index in [9.17, 15) is 9.59 Å². The monoisotopic (exact) mass is 425 g/mol. The Morgan fingerprint density at radius 3 is 2.38 bits per heavy atom. The number of hydrogen-bond acceptors (Lipinski definition) is 8. The molecule has 3 atom stereocenters. The van der Waals surface area contributed by atoms with E-state index in [0.717, 1.165) is 0 Å². The Kier molecular flexibility index (Phi) is 8.66. The molecule has 29 heavy (non-hydrogen) atoms. The van der Waals surface area contributed by atoms with E-state index in [0.29, 0.717) is 36.0 Å². The molecule has 1 aromatic rings. The number of ether oxygens (including phenoxy) is 5. The number of benzene rings is 1. The van der Waals surface area contributed by atoms with Crippen LogP contribution in [0.15, 0.2) is 24.3 Å². The molecule has 1 unspecified atom stereocenters. The summed E-state index contributed by atoms with van der Waals surface area (Å²) >= 11 is 5.35. The molecule has 1 aliphatic heterocycles. The highest BCUT2D eigenvalue weighted by Crippen LogP contribution is 2.26. The molecule has 8 nitrogen and oxygen atoms in total. The number of esters is 2. The van der Waals surface area contributed by atoms with Gasteiger partial charge in [-0.3, -0.25) is 4.79 Å². The van der Waals surface area contributed by atoms with E-state index in [4.69, 9.17) is 35.9 Å². The van der Waals surface area contributed by atoms with E-state index < -0.39 is 30.4 Å². The van der Waals surface area contributed by atoms with E-state index in [-0.39, 0.29) is 6.61 Å². The second-order valence-corrected chi connectivity index (χ2v) is 6.72. The van der Waals surface area contributed by atoms with Gasteiger partial charge < -0.3 is 28.6 Å². The van der Waals surface area contributed by atoms with Crippen LogP contribution in [0.5, 0.6) is 5.75 Å². The fourth-order valence-corrected chi connectivity index (χ4v) is 3.25. The van der Waals surface area contributed by atoms with Gasteiger partial charge in [0, 0.05) is 20.0 Å². The van der Waals surface area contributed by atoms with Gasteiger partial charge in [-0.2, -0.15) is 0 Å². The van der Waals surface area contributed by atoms with Gasteiger partial charge in [-0.05, 0) is 50.3 Å². The molecule has 1 aliphatic rings. The normalized spacial score (nSPS) is 20.6. The molecule has 0 aliphatic carbocycles. The van der Waals surface area contributed by atoms with Crippen molar-refractivity contribution >= 4 is 29.3 Å². The minimum Gasteiger partial charge on any atom is -0.497 e. The molecule has 9 heteroatoms. The molecule has 0 bridgehead atoms. The quantitative estimate of drug-likeness (QED) is 0.461. The minimum absolute atomic E-state index is 0.0614. The summed E-state index contributed by atoms with van der Waals surface area (Å²) in [7, 11) is 1.55. The molecule has 160 valence electrons. The van der Waals surface area contributed by atoms with Crippen LogP contribution >= 0.6 is 12.2 Å². The van der Waals surface area contributed by atoms with Crippen molar-refractivity contribution < 1.29 is 33.3 Å². The third-order valence-electron chi connectivity index (χ3n) is 4.44. The van der Waals surface area contributed by atoms with Crippen molar-refractivity contribution in [3.8, 4) is 5.75 Å². The molecule has 1 saturated heterocycles. The van der Waals surface area contributed by atoms with Crippen molar-refractivity contribution in [1.29, 1.82) is 0 Å². The van der Waals surface area contributed by atoms with E-state index in [1.165, 1.54) is 6.92 Å².